The number of tetrazole rings is 1. The summed E-state index contributed by atoms with van der Waals surface area (Å²) >= 11 is 0. The number of hydrogen-bond acceptors (Lipinski definition) is 7. The Hall–Kier alpha value is -3.07. The van der Waals surface area contributed by atoms with E-state index in [2.05, 4.69) is 44.5 Å². The van der Waals surface area contributed by atoms with Crippen LogP contribution in [0.5, 0.6) is 0 Å². The van der Waals surface area contributed by atoms with Crippen LogP contribution in [0.1, 0.15) is 86.5 Å². The average Bonchev–Trinajstić information content (AvgIpc) is 3.38. The van der Waals surface area contributed by atoms with Crippen LogP contribution in [0.4, 0.5) is 0 Å². The van der Waals surface area contributed by atoms with E-state index in [1.54, 1.807) is 0 Å². The molecule has 0 bridgehead atoms. The number of aromatic nitrogens is 5. The normalized spacial score (nSPS) is 19.0. The fourth-order valence-electron chi connectivity index (χ4n) is 5.86. The Morgan fingerprint density at radius 1 is 1.14 bits per heavy atom. The molecule has 0 amide bonds. The molecule has 1 aliphatic heterocycles. The molecule has 1 aliphatic carbocycles. The molecule has 2 fully saturated rings. The second-order valence-electron chi connectivity index (χ2n) is 10.3. The van der Waals surface area contributed by atoms with E-state index in [1.165, 1.54) is 6.42 Å². The molecule has 36 heavy (non-hydrogen) atoms. The SMILES string of the molecule is CCOC(=O)C1CCN([C@H](c2cc3ccc(C)c(C)c3[nH]c2=O)c2nnnn2C2CCCCC2)CC1. The van der Waals surface area contributed by atoms with Gasteiger partial charge in [-0.25, -0.2) is 4.68 Å². The van der Waals surface area contributed by atoms with E-state index in [-0.39, 0.29) is 29.5 Å². The maximum Gasteiger partial charge on any atom is 0.309 e. The van der Waals surface area contributed by atoms with Crippen LogP contribution in [-0.2, 0) is 9.53 Å². The minimum Gasteiger partial charge on any atom is -0.466 e. The van der Waals surface area contributed by atoms with Gasteiger partial charge < -0.3 is 9.72 Å². The van der Waals surface area contributed by atoms with Crippen molar-refractivity contribution in [3.8, 4) is 0 Å². The van der Waals surface area contributed by atoms with Gasteiger partial charge in [-0.3, -0.25) is 14.5 Å². The van der Waals surface area contributed by atoms with Gasteiger partial charge in [0.1, 0.15) is 6.04 Å². The quantitative estimate of drug-likeness (QED) is 0.518. The first kappa shape index (κ1) is 24.6. The van der Waals surface area contributed by atoms with Crippen LogP contribution in [0.15, 0.2) is 23.0 Å². The molecule has 1 saturated heterocycles. The Kier molecular flexibility index (Phi) is 7.18. The number of H-pyrrole nitrogens is 1. The maximum absolute atomic E-state index is 13.6. The van der Waals surface area contributed by atoms with E-state index >= 15 is 0 Å². The van der Waals surface area contributed by atoms with Crippen LogP contribution in [0.25, 0.3) is 10.9 Å². The number of hydrogen-bond donors (Lipinski definition) is 1. The van der Waals surface area contributed by atoms with E-state index in [0.29, 0.717) is 43.9 Å². The predicted octanol–water partition coefficient (Wildman–Crippen LogP) is 4.00. The van der Waals surface area contributed by atoms with Crippen LogP contribution < -0.4 is 5.56 Å². The summed E-state index contributed by atoms with van der Waals surface area (Å²) in [6, 6.07) is 6.01. The van der Waals surface area contributed by atoms with Gasteiger partial charge >= 0.3 is 5.97 Å². The molecule has 1 atom stereocenters. The van der Waals surface area contributed by atoms with Crippen LogP contribution >= 0.6 is 0 Å². The molecule has 3 heterocycles. The van der Waals surface area contributed by atoms with Crippen molar-refractivity contribution >= 4 is 16.9 Å². The summed E-state index contributed by atoms with van der Waals surface area (Å²) in [7, 11) is 0. The van der Waals surface area contributed by atoms with Gasteiger partial charge in [0, 0.05) is 18.7 Å². The minimum absolute atomic E-state index is 0.114. The number of esters is 1. The van der Waals surface area contributed by atoms with E-state index in [9.17, 15) is 9.59 Å². The number of likely N-dealkylation sites (tertiary alicyclic amines) is 1. The van der Waals surface area contributed by atoms with Gasteiger partial charge in [0.2, 0.25) is 0 Å². The fraction of sp³-hybridized carbons (Fsp3) is 0.593. The Balaban J connectivity index is 1.56. The number of nitrogens with one attached hydrogen (secondary N) is 1. The van der Waals surface area contributed by atoms with Crippen molar-refractivity contribution in [2.75, 3.05) is 19.7 Å². The van der Waals surface area contributed by atoms with Gasteiger partial charge in [-0.1, -0.05) is 31.4 Å². The number of benzene rings is 1. The highest BCUT2D eigenvalue weighted by Crippen LogP contribution is 2.35. The smallest absolute Gasteiger partial charge is 0.309 e. The van der Waals surface area contributed by atoms with E-state index in [0.717, 1.165) is 47.7 Å². The summed E-state index contributed by atoms with van der Waals surface area (Å²) < 4.78 is 7.24. The van der Waals surface area contributed by atoms with E-state index in [1.807, 2.05) is 24.6 Å². The first-order chi connectivity index (χ1) is 17.5. The lowest BCUT2D eigenvalue weighted by atomic mass is 9.92. The van der Waals surface area contributed by atoms with Crippen molar-refractivity contribution in [1.82, 2.24) is 30.1 Å². The predicted molar refractivity (Wildman–Crippen MR) is 137 cm³/mol. The molecule has 1 N–H and O–H groups in total. The van der Waals surface area contributed by atoms with Crippen molar-refractivity contribution in [2.45, 2.75) is 77.8 Å². The summed E-state index contributed by atoms with van der Waals surface area (Å²) in [5.41, 5.74) is 3.62. The summed E-state index contributed by atoms with van der Waals surface area (Å²) in [5, 5.41) is 14.0. The van der Waals surface area contributed by atoms with Crippen molar-refractivity contribution < 1.29 is 9.53 Å². The number of ether oxygens (including phenoxy) is 1. The van der Waals surface area contributed by atoms with E-state index < -0.39 is 0 Å². The molecular formula is C27H36N6O3. The highest BCUT2D eigenvalue weighted by molar-refractivity contribution is 5.83. The molecule has 192 valence electrons. The third-order valence-electron chi connectivity index (χ3n) is 8.07. The summed E-state index contributed by atoms with van der Waals surface area (Å²) in [6.07, 6.45) is 7.02. The third kappa shape index (κ3) is 4.68. The number of carbonyl (C=O) groups is 1. The van der Waals surface area contributed by atoms with Gasteiger partial charge in [-0.05, 0) is 79.5 Å². The van der Waals surface area contributed by atoms with Crippen LogP contribution in [0.2, 0.25) is 0 Å². The molecule has 1 aromatic carbocycles. The van der Waals surface area contributed by atoms with Crippen molar-refractivity contribution in [3.05, 3.63) is 51.1 Å². The third-order valence-corrected chi connectivity index (χ3v) is 8.07. The Morgan fingerprint density at radius 3 is 2.61 bits per heavy atom. The zero-order chi connectivity index (χ0) is 25.2. The summed E-state index contributed by atoms with van der Waals surface area (Å²) in [6.45, 7) is 7.64. The summed E-state index contributed by atoms with van der Waals surface area (Å²) in [5.74, 6) is 0.469. The van der Waals surface area contributed by atoms with Gasteiger partial charge in [-0.2, -0.15) is 0 Å². The first-order valence-corrected chi connectivity index (χ1v) is 13.3. The molecule has 0 spiro atoms. The highest BCUT2D eigenvalue weighted by Gasteiger charge is 2.36. The van der Waals surface area contributed by atoms with Gasteiger partial charge in [0.15, 0.2) is 5.82 Å². The molecule has 0 radical (unpaired) electrons. The first-order valence-electron chi connectivity index (χ1n) is 13.3. The highest BCUT2D eigenvalue weighted by atomic mass is 16.5. The number of pyridine rings is 1. The topological polar surface area (TPSA) is 106 Å². The lowest BCUT2D eigenvalue weighted by molar-refractivity contribution is -0.149. The second-order valence-corrected chi connectivity index (χ2v) is 10.3. The molecule has 0 unspecified atom stereocenters. The van der Waals surface area contributed by atoms with Crippen LogP contribution in [0.3, 0.4) is 0 Å². The minimum atomic E-state index is -0.389. The van der Waals surface area contributed by atoms with E-state index in [4.69, 9.17) is 4.74 Å². The van der Waals surface area contributed by atoms with Gasteiger partial charge in [-0.15, -0.1) is 5.10 Å². The number of aryl methyl sites for hydroxylation is 2. The molecule has 2 aromatic heterocycles. The van der Waals surface area contributed by atoms with Crippen molar-refractivity contribution in [3.63, 3.8) is 0 Å². The van der Waals surface area contributed by atoms with Crippen molar-refractivity contribution in [1.29, 1.82) is 0 Å². The second kappa shape index (κ2) is 10.5. The number of nitrogens with zero attached hydrogens (tertiary/aromatic N) is 5. The number of carbonyl (C=O) groups excluding carboxylic acids is 1. The molecule has 3 aromatic rings. The zero-order valence-electron chi connectivity index (χ0n) is 21.5. The number of rotatable bonds is 6. The monoisotopic (exact) mass is 492 g/mol. The lowest BCUT2D eigenvalue weighted by Gasteiger charge is -2.36. The number of aromatic amines is 1. The largest absolute Gasteiger partial charge is 0.466 e. The molecule has 9 nitrogen and oxygen atoms in total. The molecular weight excluding hydrogens is 456 g/mol. The standard InChI is InChI=1S/C27H36N6O3/c1-4-36-27(35)19-12-14-32(15-13-19)24(25-29-30-31-33(25)21-8-6-5-7-9-21)22-16-20-11-10-17(2)18(3)23(20)28-26(22)34/h10-11,16,19,21,24H,4-9,12-15H2,1-3H3,(H,28,34)/t24-/m1/s1. The van der Waals surface area contributed by atoms with Crippen LogP contribution in [0, 0.1) is 19.8 Å². The number of fused-ring (bicyclic) bond motifs is 1. The molecule has 2 aliphatic rings. The maximum atomic E-state index is 13.6. The fourth-order valence-corrected chi connectivity index (χ4v) is 5.86. The molecule has 5 rings (SSSR count). The number of piperidine rings is 1. The Morgan fingerprint density at radius 2 is 1.89 bits per heavy atom. The summed E-state index contributed by atoms with van der Waals surface area (Å²) in [4.78, 5) is 31.4. The Labute approximate surface area is 211 Å². The lowest BCUT2D eigenvalue weighted by Crippen LogP contribution is -2.42. The molecule has 1 saturated carbocycles. The van der Waals surface area contributed by atoms with Gasteiger partial charge in [0.05, 0.1) is 24.1 Å². The van der Waals surface area contributed by atoms with Crippen molar-refractivity contribution in [2.24, 2.45) is 5.92 Å². The average molecular weight is 493 g/mol. The van der Waals surface area contributed by atoms with Gasteiger partial charge in [0.25, 0.3) is 5.56 Å². The van der Waals surface area contributed by atoms with Crippen LogP contribution in [-0.4, -0.2) is 55.8 Å². The molecule has 9 heteroatoms. The Bertz CT molecular complexity index is 1280. The zero-order valence-corrected chi connectivity index (χ0v) is 21.5.